The Kier molecular flexibility index (Phi) is 23.8. The number of rotatable bonds is 0. The van der Waals surface area contributed by atoms with Gasteiger partial charge in [0.1, 0.15) is 7.05 Å². The van der Waals surface area contributed by atoms with Gasteiger partial charge in [0.05, 0.1) is 0 Å². The van der Waals surface area contributed by atoms with Crippen molar-refractivity contribution in [2.45, 2.75) is 0 Å². The van der Waals surface area contributed by atoms with Gasteiger partial charge in [-0.05, 0) is 12.1 Å². The van der Waals surface area contributed by atoms with Crippen molar-refractivity contribution in [1.82, 2.24) is 0 Å². The van der Waals surface area contributed by atoms with Crippen molar-refractivity contribution in [2.24, 2.45) is 7.05 Å². The number of hydrogen-bond donors (Lipinski definition) is 0. The zero-order chi connectivity index (χ0) is 34.7. The quantitative estimate of drug-likeness (QED) is 0.150. The molecule has 0 N–H and O–H groups in total. The van der Waals surface area contributed by atoms with E-state index in [1.54, 1.807) is 0 Å². The molecule has 31 heteroatoms. The van der Waals surface area contributed by atoms with Crippen LogP contribution in [0.4, 0.5) is 104 Å². The zero-order valence-electron chi connectivity index (χ0n) is 19.0. The van der Waals surface area contributed by atoms with E-state index in [0.717, 1.165) is 0 Å². The normalized spacial score (nSPS) is 11.5. The van der Waals surface area contributed by atoms with E-state index in [4.69, 9.17) is 0 Å². The summed E-state index contributed by atoms with van der Waals surface area (Å²) in [4.78, 5) is 0. The molecule has 1 aromatic carbocycles. The highest BCUT2D eigenvalue weighted by molar-refractivity contribution is 6.51. The Morgan fingerprint density at radius 2 is 0.561 bits per heavy atom. The van der Waals surface area contributed by atoms with Crippen molar-refractivity contribution in [3.8, 4) is 0 Å². The van der Waals surface area contributed by atoms with E-state index in [0.29, 0.717) is 0 Å². The van der Waals surface area contributed by atoms with Gasteiger partial charge >= 0.3 is 43.5 Å². The summed E-state index contributed by atoms with van der Waals surface area (Å²) < 4.78 is 236. The van der Waals surface area contributed by atoms with Crippen LogP contribution in [0.25, 0.3) is 10.9 Å². The molecule has 0 atom stereocenters. The zero-order valence-corrected chi connectivity index (χ0v) is 19.0. The van der Waals surface area contributed by atoms with Gasteiger partial charge in [-0.3, -0.25) is 0 Å². The van der Waals surface area contributed by atoms with Crippen LogP contribution < -0.4 is 4.57 Å². The van der Waals surface area contributed by atoms with Crippen molar-refractivity contribution < 1.29 is 108 Å². The third-order valence-corrected chi connectivity index (χ3v) is 1.90. The highest BCUT2D eigenvalue weighted by Gasteiger charge is 2.22. The molecule has 0 bridgehead atoms. The number of hydrogen-bond acceptors (Lipinski definition) is 0. The Hall–Kier alpha value is -2.66. The molecule has 0 saturated heterocycles. The monoisotopic (exact) mass is 666 g/mol. The molecule has 0 radical (unpaired) electrons. The molecule has 1 aromatic heterocycles. The molecular weight excluding hydrogens is 655 g/mol. The first kappa shape index (κ1) is 48.1. The third kappa shape index (κ3) is 139. The molecule has 0 aliphatic rings. The van der Waals surface area contributed by atoms with Crippen LogP contribution in [0.5, 0.6) is 0 Å². The number of halogens is 24. The third-order valence-electron chi connectivity index (χ3n) is 1.90. The van der Waals surface area contributed by atoms with Crippen LogP contribution in [0.1, 0.15) is 0 Å². The SMILES string of the molecule is C[n+]1cccc2ccccc21.F[B-](F)(F)F.F[B-](F)(F)F.F[B-](F)(F)F.F[B-](F)(F)F.F[B-](F)(F)F.F[B-](F)(F)F. The molecule has 0 spiro atoms. The van der Waals surface area contributed by atoms with Gasteiger partial charge < -0.3 is 104 Å². The number of pyridine rings is 1. The van der Waals surface area contributed by atoms with E-state index in [1.165, 1.54) is 10.9 Å². The lowest BCUT2D eigenvalue weighted by molar-refractivity contribution is -0.644. The van der Waals surface area contributed by atoms with E-state index in [2.05, 4.69) is 54.2 Å². The molecule has 246 valence electrons. The van der Waals surface area contributed by atoms with Gasteiger partial charge in [0, 0.05) is 17.5 Å². The van der Waals surface area contributed by atoms with Crippen LogP contribution in [0.3, 0.4) is 0 Å². The van der Waals surface area contributed by atoms with E-state index in [9.17, 15) is 104 Å². The lowest BCUT2D eigenvalue weighted by Crippen LogP contribution is -2.27. The van der Waals surface area contributed by atoms with Gasteiger partial charge in [-0.1, -0.05) is 12.1 Å². The molecule has 0 saturated carbocycles. The van der Waals surface area contributed by atoms with Gasteiger partial charge in [0.25, 0.3) is 0 Å². The van der Waals surface area contributed by atoms with Gasteiger partial charge in [-0.15, -0.1) is 0 Å². The largest absolute Gasteiger partial charge is 0.673 e. The lowest BCUT2D eigenvalue weighted by atomic mass is 10.2. The van der Waals surface area contributed by atoms with Gasteiger partial charge in [-0.2, -0.15) is 0 Å². The minimum absolute atomic E-state index is 1.27. The maximum absolute atomic E-state index is 9.75. The van der Waals surface area contributed by atoms with E-state index < -0.39 is 43.5 Å². The van der Waals surface area contributed by atoms with Crippen molar-refractivity contribution in [2.75, 3.05) is 0 Å². The number of aryl methyl sites for hydroxylation is 1. The molecule has 1 heterocycles. The van der Waals surface area contributed by atoms with E-state index >= 15 is 0 Å². The summed E-state index contributed by atoms with van der Waals surface area (Å²) in [5, 5.41) is 1.29. The Balaban J connectivity index is -0.000000128. The summed E-state index contributed by atoms with van der Waals surface area (Å²) in [5.41, 5.74) is 1.27. The molecule has 2 aromatic rings. The Labute approximate surface area is 213 Å². The summed E-state index contributed by atoms with van der Waals surface area (Å²) in [7, 11) is -33.9. The Bertz CT molecular complexity index is 765. The standard InChI is InChI=1S/C10H10N.6BF4/c1-11-8-4-6-9-5-2-3-7-10(9)11;6*2-1(3,4)5/h2-8H,1H3;;;;;;/q+1;6*-1. The Morgan fingerprint density at radius 3 is 0.780 bits per heavy atom. The van der Waals surface area contributed by atoms with Crippen LogP contribution in [0.15, 0.2) is 42.6 Å². The Morgan fingerprint density at radius 1 is 0.366 bits per heavy atom. The first-order chi connectivity index (χ1) is 17.4. The summed E-state index contributed by atoms with van der Waals surface area (Å²) in [6.07, 6.45) is 2.06. The maximum atomic E-state index is 9.75. The first-order valence-electron chi connectivity index (χ1n) is 8.95. The minimum atomic E-state index is -6.00. The molecule has 0 aliphatic carbocycles. The molecule has 41 heavy (non-hydrogen) atoms. The average molecular weight is 665 g/mol. The predicted molar refractivity (Wildman–Crippen MR) is 106 cm³/mol. The molecule has 0 amide bonds. The van der Waals surface area contributed by atoms with Crippen molar-refractivity contribution in [3.63, 3.8) is 0 Å². The smallest absolute Gasteiger partial charge is 0.418 e. The second-order valence-electron chi connectivity index (χ2n) is 5.65. The highest BCUT2D eigenvalue weighted by Crippen LogP contribution is 2.09. The average Bonchev–Trinajstić information content (AvgIpc) is 2.53. The second-order valence-corrected chi connectivity index (χ2v) is 5.65. The number of nitrogens with zero attached hydrogens (tertiary/aromatic N) is 1. The van der Waals surface area contributed by atoms with Crippen LogP contribution in [0.2, 0.25) is 0 Å². The van der Waals surface area contributed by atoms with Crippen molar-refractivity contribution >= 4 is 54.4 Å². The van der Waals surface area contributed by atoms with Crippen molar-refractivity contribution in [1.29, 1.82) is 0 Å². The molecular formula is C10H10B6F24N-5. The van der Waals surface area contributed by atoms with Gasteiger partial charge in [0.2, 0.25) is 5.52 Å². The topological polar surface area (TPSA) is 3.88 Å². The van der Waals surface area contributed by atoms with Crippen LogP contribution in [-0.2, 0) is 7.05 Å². The summed E-state index contributed by atoms with van der Waals surface area (Å²) in [6.45, 7) is 0. The summed E-state index contributed by atoms with van der Waals surface area (Å²) >= 11 is 0. The van der Waals surface area contributed by atoms with Crippen LogP contribution in [-0.4, -0.2) is 43.5 Å². The number of benzene rings is 1. The molecule has 0 unspecified atom stereocenters. The predicted octanol–water partition coefficient (Wildman–Crippen LogP) is 9.46. The molecule has 1 nitrogen and oxygen atoms in total. The van der Waals surface area contributed by atoms with Gasteiger partial charge in [0.15, 0.2) is 6.20 Å². The maximum Gasteiger partial charge on any atom is 0.673 e. The molecule has 0 fully saturated rings. The molecule has 2 rings (SSSR count). The number of fused-ring (bicyclic) bond motifs is 1. The fourth-order valence-corrected chi connectivity index (χ4v) is 1.31. The highest BCUT2D eigenvalue weighted by atomic mass is 19.5. The second kappa shape index (κ2) is 20.3. The van der Waals surface area contributed by atoms with Crippen molar-refractivity contribution in [3.05, 3.63) is 42.6 Å². The van der Waals surface area contributed by atoms with Crippen LogP contribution >= 0.6 is 0 Å². The number of para-hydroxylation sites is 1. The fourth-order valence-electron chi connectivity index (χ4n) is 1.31. The fraction of sp³-hybridized carbons (Fsp3) is 0.100. The minimum Gasteiger partial charge on any atom is -0.418 e. The van der Waals surface area contributed by atoms with Crippen LogP contribution in [0, 0.1) is 0 Å². The molecule has 0 aliphatic heterocycles. The summed E-state index contributed by atoms with van der Waals surface area (Å²) in [5.74, 6) is 0. The van der Waals surface area contributed by atoms with Gasteiger partial charge in [-0.25, -0.2) is 4.57 Å². The summed E-state index contributed by atoms with van der Waals surface area (Å²) in [6, 6.07) is 12.5. The first-order valence-corrected chi connectivity index (χ1v) is 8.95. The van der Waals surface area contributed by atoms with E-state index in [-0.39, 0.29) is 0 Å². The number of aromatic nitrogens is 1. The lowest BCUT2D eigenvalue weighted by Gasteiger charge is -1.94. The van der Waals surface area contributed by atoms with E-state index in [1.807, 2.05) is 0 Å².